The number of para-hydroxylation sites is 1. The summed E-state index contributed by atoms with van der Waals surface area (Å²) in [4.78, 5) is 4.18. The van der Waals surface area contributed by atoms with Crippen LogP contribution in [0.1, 0.15) is 65.5 Å². The Hall–Kier alpha value is -2.55. The van der Waals surface area contributed by atoms with E-state index in [2.05, 4.69) is 58.7 Å². The number of hydrogen-bond acceptors (Lipinski definition) is 3. The normalized spacial score (nSPS) is 11.8. The molecule has 3 aromatic rings. The van der Waals surface area contributed by atoms with Crippen LogP contribution in [0.15, 0.2) is 54.7 Å². The van der Waals surface area contributed by atoms with Crippen LogP contribution in [0.3, 0.4) is 0 Å². The van der Waals surface area contributed by atoms with Crippen LogP contribution >= 0.6 is 0 Å². The van der Waals surface area contributed by atoms with Gasteiger partial charge in [0.15, 0.2) is 0 Å². The van der Waals surface area contributed by atoms with Crippen molar-refractivity contribution in [3.05, 3.63) is 65.9 Å². The Morgan fingerprint density at radius 3 is 1.68 bits per heavy atom. The van der Waals surface area contributed by atoms with Gasteiger partial charge in [-0.2, -0.15) is 0 Å². The molecule has 2 aromatic carbocycles. The van der Waals surface area contributed by atoms with E-state index >= 15 is 0 Å². The Bertz CT molecular complexity index is 822. The first-order chi connectivity index (χ1) is 13.1. The van der Waals surface area contributed by atoms with Gasteiger partial charge in [-0.1, -0.05) is 65.8 Å². The highest BCUT2D eigenvalue weighted by Gasteiger charge is 2.28. The molecular formula is C25H33NO2. The molecule has 0 fully saturated rings. The second-order valence-corrected chi connectivity index (χ2v) is 8.56. The van der Waals surface area contributed by atoms with Gasteiger partial charge in [-0.3, -0.25) is 4.98 Å². The molecule has 3 nitrogen and oxygen atoms in total. The lowest BCUT2D eigenvalue weighted by atomic mass is 9.77. The minimum absolute atomic E-state index is 0.129. The average Bonchev–Trinajstić information content (AvgIpc) is 2.69. The molecule has 0 unspecified atom stereocenters. The third kappa shape index (κ3) is 4.83. The summed E-state index contributed by atoms with van der Waals surface area (Å²) < 4.78 is 0. The van der Waals surface area contributed by atoms with E-state index in [-0.39, 0.29) is 22.3 Å². The lowest BCUT2D eigenvalue weighted by Crippen LogP contribution is -2.19. The smallest absolute Gasteiger partial charge is 0.119 e. The highest BCUT2D eigenvalue weighted by molar-refractivity contribution is 5.77. The summed E-state index contributed by atoms with van der Waals surface area (Å²) >= 11 is 0. The van der Waals surface area contributed by atoms with Gasteiger partial charge in [0.2, 0.25) is 0 Å². The Labute approximate surface area is 169 Å². The summed E-state index contributed by atoms with van der Waals surface area (Å²) in [5.74, 6) is 0.576. The number of phenols is 2. The van der Waals surface area contributed by atoms with Gasteiger partial charge < -0.3 is 10.2 Å². The number of rotatable bonds is 4. The topological polar surface area (TPSA) is 53.4 Å². The molecule has 3 rings (SSSR count). The number of benzene rings is 2. The quantitative estimate of drug-likeness (QED) is 0.495. The zero-order valence-electron chi connectivity index (χ0n) is 18.0. The van der Waals surface area contributed by atoms with Crippen LogP contribution in [-0.2, 0) is 10.8 Å². The largest absolute Gasteiger partial charge is 0.508 e. The SMILES string of the molecule is CCC(C)(C)c1cc(O)c(C(C)(C)CC)cc1O.c1ccc2ncccc2c1. The van der Waals surface area contributed by atoms with Gasteiger partial charge in [0.1, 0.15) is 11.5 Å². The second-order valence-electron chi connectivity index (χ2n) is 8.56. The van der Waals surface area contributed by atoms with Crippen molar-refractivity contribution in [3.8, 4) is 11.5 Å². The van der Waals surface area contributed by atoms with Crippen molar-refractivity contribution in [2.24, 2.45) is 0 Å². The minimum Gasteiger partial charge on any atom is -0.508 e. The molecular weight excluding hydrogens is 346 g/mol. The molecule has 0 bridgehead atoms. The average molecular weight is 380 g/mol. The highest BCUT2D eigenvalue weighted by atomic mass is 16.3. The van der Waals surface area contributed by atoms with E-state index in [4.69, 9.17) is 0 Å². The molecule has 0 aliphatic rings. The number of aromatic nitrogens is 1. The maximum atomic E-state index is 10.2. The Kier molecular flexibility index (Phi) is 6.71. The van der Waals surface area contributed by atoms with Gasteiger partial charge in [0, 0.05) is 22.7 Å². The Morgan fingerprint density at radius 1 is 0.750 bits per heavy atom. The van der Waals surface area contributed by atoms with Crippen LogP contribution in [0.25, 0.3) is 10.9 Å². The zero-order valence-corrected chi connectivity index (χ0v) is 18.0. The molecule has 3 heteroatoms. The predicted molar refractivity (Wildman–Crippen MR) is 118 cm³/mol. The molecule has 0 atom stereocenters. The number of pyridine rings is 1. The molecule has 2 N–H and O–H groups in total. The Balaban J connectivity index is 0.000000233. The van der Waals surface area contributed by atoms with Gasteiger partial charge in [0.25, 0.3) is 0 Å². The molecule has 150 valence electrons. The fourth-order valence-corrected chi connectivity index (χ4v) is 3.06. The first kappa shape index (κ1) is 21.7. The molecule has 1 aromatic heterocycles. The summed E-state index contributed by atoms with van der Waals surface area (Å²) in [5, 5.41) is 21.7. The molecule has 0 radical (unpaired) electrons. The van der Waals surface area contributed by atoms with Crippen molar-refractivity contribution in [1.82, 2.24) is 4.98 Å². The third-order valence-electron chi connectivity index (χ3n) is 5.85. The van der Waals surface area contributed by atoms with E-state index in [1.165, 1.54) is 5.39 Å². The van der Waals surface area contributed by atoms with Crippen LogP contribution in [-0.4, -0.2) is 15.2 Å². The van der Waals surface area contributed by atoms with E-state index in [1.807, 2.05) is 30.5 Å². The molecule has 0 amide bonds. The molecule has 0 aliphatic heterocycles. The predicted octanol–water partition coefficient (Wildman–Crippen LogP) is 6.71. The van der Waals surface area contributed by atoms with E-state index < -0.39 is 0 Å². The van der Waals surface area contributed by atoms with Crippen molar-refractivity contribution in [1.29, 1.82) is 0 Å². The lowest BCUT2D eigenvalue weighted by molar-refractivity contribution is 0.400. The fourth-order valence-electron chi connectivity index (χ4n) is 3.06. The summed E-state index contributed by atoms with van der Waals surface area (Å²) in [7, 11) is 0. The Morgan fingerprint density at radius 2 is 1.21 bits per heavy atom. The van der Waals surface area contributed by atoms with Gasteiger partial charge in [-0.05, 0) is 47.9 Å². The molecule has 0 saturated carbocycles. The monoisotopic (exact) mass is 379 g/mol. The standard InChI is InChI=1S/C16H26O2.C9H7N/c1-7-15(3,4)11-9-14(18)12(10-13(11)17)16(5,6)8-2;1-2-6-9-8(4-1)5-3-7-10-9/h9-10,17-18H,7-8H2,1-6H3;1-7H. The van der Waals surface area contributed by atoms with Crippen LogP contribution in [0, 0.1) is 0 Å². The zero-order chi connectivity index (χ0) is 20.9. The van der Waals surface area contributed by atoms with Crippen molar-refractivity contribution >= 4 is 10.9 Å². The third-order valence-corrected chi connectivity index (χ3v) is 5.85. The van der Waals surface area contributed by atoms with Crippen LogP contribution in [0.2, 0.25) is 0 Å². The maximum absolute atomic E-state index is 10.2. The summed E-state index contributed by atoms with van der Waals surface area (Å²) in [5.41, 5.74) is 2.44. The summed E-state index contributed by atoms with van der Waals surface area (Å²) in [6.07, 6.45) is 3.63. The first-order valence-corrected chi connectivity index (χ1v) is 9.99. The van der Waals surface area contributed by atoms with Crippen LogP contribution in [0.5, 0.6) is 11.5 Å². The maximum Gasteiger partial charge on any atom is 0.119 e. The van der Waals surface area contributed by atoms with Gasteiger partial charge >= 0.3 is 0 Å². The second kappa shape index (κ2) is 8.64. The number of aromatic hydroxyl groups is 2. The molecule has 28 heavy (non-hydrogen) atoms. The van der Waals surface area contributed by atoms with Crippen molar-refractivity contribution in [3.63, 3.8) is 0 Å². The number of fused-ring (bicyclic) bond motifs is 1. The van der Waals surface area contributed by atoms with E-state index in [1.54, 1.807) is 12.1 Å². The van der Waals surface area contributed by atoms with Crippen LogP contribution in [0.4, 0.5) is 0 Å². The van der Waals surface area contributed by atoms with Gasteiger partial charge in [-0.15, -0.1) is 0 Å². The molecule has 1 heterocycles. The first-order valence-electron chi connectivity index (χ1n) is 9.99. The van der Waals surface area contributed by atoms with E-state index in [9.17, 15) is 10.2 Å². The summed E-state index contributed by atoms with van der Waals surface area (Å²) in [6, 6.07) is 15.5. The molecule has 0 aliphatic carbocycles. The fraction of sp³-hybridized carbons (Fsp3) is 0.400. The lowest BCUT2D eigenvalue weighted by Gasteiger charge is -2.29. The highest BCUT2D eigenvalue weighted by Crippen LogP contribution is 2.42. The number of nitrogens with zero attached hydrogens (tertiary/aromatic N) is 1. The van der Waals surface area contributed by atoms with Crippen molar-refractivity contribution in [2.75, 3.05) is 0 Å². The summed E-state index contributed by atoms with van der Waals surface area (Å²) in [6.45, 7) is 12.5. The number of phenolic OH excluding ortho intramolecular Hbond substituents is 2. The van der Waals surface area contributed by atoms with Crippen LogP contribution < -0.4 is 0 Å². The van der Waals surface area contributed by atoms with Crippen molar-refractivity contribution < 1.29 is 10.2 Å². The van der Waals surface area contributed by atoms with E-state index in [0.29, 0.717) is 0 Å². The van der Waals surface area contributed by atoms with E-state index in [0.717, 1.165) is 29.5 Å². The van der Waals surface area contributed by atoms with Gasteiger partial charge in [0.05, 0.1) is 5.52 Å². The minimum atomic E-state index is -0.129. The molecule has 0 saturated heterocycles. The van der Waals surface area contributed by atoms with Gasteiger partial charge in [-0.25, -0.2) is 0 Å². The molecule has 0 spiro atoms. The van der Waals surface area contributed by atoms with Crippen molar-refractivity contribution in [2.45, 2.75) is 65.2 Å². The number of hydrogen-bond donors (Lipinski definition) is 2.